The Morgan fingerprint density at radius 2 is 2.22 bits per heavy atom. The number of morpholine rings is 1. The van der Waals surface area contributed by atoms with Crippen molar-refractivity contribution in [1.82, 2.24) is 10.2 Å². The third-order valence-electron chi connectivity index (χ3n) is 3.09. The van der Waals surface area contributed by atoms with Crippen LogP contribution in [0.2, 0.25) is 0 Å². The summed E-state index contributed by atoms with van der Waals surface area (Å²) in [5.74, 6) is 0.0202. The Morgan fingerprint density at radius 1 is 1.50 bits per heavy atom. The number of amides is 1. The Labute approximate surface area is 115 Å². The van der Waals surface area contributed by atoms with Gasteiger partial charge in [-0.15, -0.1) is 0 Å². The Bertz CT molecular complexity index is 408. The molecule has 1 aliphatic rings. The second-order valence-corrected chi connectivity index (χ2v) is 5.22. The van der Waals surface area contributed by atoms with E-state index in [9.17, 15) is 4.79 Å². The van der Waals surface area contributed by atoms with Crippen LogP contribution in [0.5, 0.6) is 0 Å². The maximum absolute atomic E-state index is 11.8. The van der Waals surface area contributed by atoms with Crippen molar-refractivity contribution in [2.45, 2.75) is 12.6 Å². The van der Waals surface area contributed by atoms with E-state index in [1.54, 1.807) is 7.05 Å². The van der Waals surface area contributed by atoms with Crippen LogP contribution >= 0.6 is 15.9 Å². The maximum Gasteiger partial charge on any atom is 0.239 e. The van der Waals surface area contributed by atoms with Crippen LogP contribution in [0, 0.1) is 0 Å². The highest BCUT2D eigenvalue weighted by molar-refractivity contribution is 9.10. The first kappa shape index (κ1) is 13.5. The van der Waals surface area contributed by atoms with Crippen LogP contribution < -0.4 is 5.32 Å². The zero-order chi connectivity index (χ0) is 13.0. The SMILES string of the molecule is CNC(=O)C1COCCN1Cc1ccc(Br)cc1. The fourth-order valence-electron chi connectivity index (χ4n) is 2.06. The molecule has 1 heterocycles. The molecule has 5 heteroatoms. The van der Waals surface area contributed by atoms with Crippen LogP contribution in [0.1, 0.15) is 5.56 Å². The Morgan fingerprint density at radius 3 is 2.89 bits per heavy atom. The lowest BCUT2D eigenvalue weighted by Crippen LogP contribution is -2.52. The molecule has 1 aromatic rings. The average molecular weight is 313 g/mol. The van der Waals surface area contributed by atoms with Gasteiger partial charge in [-0.3, -0.25) is 9.69 Å². The molecule has 98 valence electrons. The van der Waals surface area contributed by atoms with E-state index < -0.39 is 0 Å². The minimum atomic E-state index is -0.188. The van der Waals surface area contributed by atoms with Crippen LogP contribution in [0.3, 0.4) is 0 Å². The van der Waals surface area contributed by atoms with Crippen molar-refractivity contribution in [1.29, 1.82) is 0 Å². The molecule has 0 radical (unpaired) electrons. The molecule has 1 aromatic carbocycles. The van der Waals surface area contributed by atoms with Crippen molar-refractivity contribution >= 4 is 21.8 Å². The third kappa shape index (κ3) is 3.31. The highest BCUT2D eigenvalue weighted by Gasteiger charge is 2.28. The Hall–Kier alpha value is -0.910. The quantitative estimate of drug-likeness (QED) is 0.917. The van der Waals surface area contributed by atoms with Crippen molar-refractivity contribution in [3.63, 3.8) is 0 Å². The molecule has 1 fully saturated rings. The van der Waals surface area contributed by atoms with E-state index in [-0.39, 0.29) is 11.9 Å². The number of ether oxygens (including phenoxy) is 1. The molecule has 1 amide bonds. The zero-order valence-electron chi connectivity index (χ0n) is 10.4. The van der Waals surface area contributed by atoms with Crippen LogP contribution in [-0.2, 0) is 16.1 Å². The number of halogens is 1. The molecule has 18 heavy (non-hydrogen) atoms. The summed E-state index contributed by atoms with van der Waals surface area (Å²) in [6.07, 6.45) is 0. The van der Waals surface area contributed by atoms with Gasteiger partial charge >= 0.3 is 0 Å². The van der Waals surface area contributed by atoms with E-state index in [0.717, 1.165) is 17.6 Å². The summed E-state index contributed by atoms with van der Waals surface area (Å²) in [7, 11) is 1.66. The van der Waals surface area contributed by atoms with Crippen molar-refractivity contribution in [3.05, 3.63) is 34.3 Å². The molecule has 1 saturated heterocycles. The second-order valence-electron chi connectivity index (χ2n) is 4.30. The predicted molar refractivity (Wildman–Crippen MR) is 73.2 cm³/mol. The summed E-state index contributed by atoms with van der Waals surface area (Å²) in [5.41, 5.74) is 1.20. The molecule has 1 unspecified atom stereocenters. The number of hydrogen-bond donors (Lipinski definition) is 1. The predicted octanol–water partition coefficient (Wildman–Crippen LogP) is 1.40. The van der Waals surface area contributed by atoms with E-state index in [1.807, 2.05) is 12.1 Å². The van der Waals surface area contributed by atoms with Crippen molar-refractivity contribution in [3.8, 4) is 0 Å². The molecule has 0 aliphatic carbocycles. The molecule has 4 nitrogen and oxygen atoms in total. The lowest BCUT2D eigenvalue weighted by Gasteiger charge is -2.34. The number of nitrogens with zero attached hydrogens (tertiary/aromatic N) is 1. The van der Waals surface area contributed by atoms with E-state index in [2.05, 4.69) is 38.3 Å². The van der Waals surface area contributed by atoms with E-state index in [4.69, 9.17) is 4.74 Å². The molecular weight excluding hydrogens is 296 g/mol. The summed E-state index contributed by atoms with van der Waals surface area (Å²) in [4.78, 5) is 13.9. The summed E-state index contributed by atoms with van der Waals surface area (Å²) in [6.45, 7) is 2.71. The van der Waals surface area contributed by atoms with Crippen LogP contribution in [0.4, 0.5) is 0 Å². The van der Waals surface area contributed by atoms with E-state index >= 15 is 0 Å². The average Bonchev–Trinajstić information content (AvgIpc) is 2.41. The monoisotopic (exact) mass is 312 g/mol. The second kappa shape index (κ2) is 6.31. The minimum absolute atomic E-state index is 0.0202. The molecule has 0 saturated carbocycles. The standard InChI is InChI=1S/C13H17BrN2O2/c1-15-13(17)12-9-18-7-6-16(12)8-10-2-4-11(14)5-3-10/h2-5,12H,6-9H2,1H3,(H,15,17). The number of carbonyl (C=O) groups excluding carboxylic acids is 1. The molecule has 2 rings (SSSR count). The maximum atomic E-state index is 11.8. The topological polar surface area (TPSA) is 41.6 Å². The molecule has 1 aliphatic heterocycles. The molecule has 1 atom stereocenters. The summed E-state index contributed by atoms with van der Waals surface area (Å²) < 4.78 is 6.45. The third-order valence-corrected chi connectivity index (χ3v) is 3.62. The first-order chi connectivity index (χ1) is 8.70. The minimum Gasteiger partial charge on any atom is -0.378 e. The van der Waals surface area contributed by atoms with Gasteiger partial charge in [-0.25, -0.2) is 0 Å². The molecule has 1 N–H and O–H groups in total. The number of benzene rings is 1. The number of nitrogens with one attached hydrogen (secondary N) is 1. The smallest absolute Gasteiger partial charge is 0.239 e. The van der Waals surface area contributed by atoms with Crippen LogP contribution in [-0.4, -0.2) is 43.7 Å². The fourth-order valence-corrected chi connectivity index (χ4v) is 2.32. The summed E-state index contributed by atoms with van der Waals surface area (Å²) >= 11 is 3.42. The van der Waals surface area contributed by atoms with Gasteiger partial charge in [0.15, 0.2) is 0 Å². The molecular formula is C13H17BrN2O2. The van der Waals surface area contributed by atoms with E-state index in [0.29, 0.717) is 13.2 Å². The molecule has 0 bridgehead atoms. The first-order valence-electron chi connectivity index (χ1n) is 5.98. The summed E-state index contributed by atoms with van der Waals surface area (Å²) in [6, 6.07) is 7.99. The van der Waals surface area contributed by atoms with Gasteiger partial charge in [-0.2, -0.15) is 0 Å². The summed E-state index contributed by atoms with van der Waals surface area (Å²) in [5, 5.41) is 2.69. The van der Waals surface area contributed by atoms with Gasteiger partial charge in [-0.05, 0) is 17.7 Å². The molecule has 0 aromatic heterocycles. The van der Waals surface area contributed by atoms with E-state index in [1.165, 1.54) is 5.56 Å². The Kier molecular flexibility index (Phi) is 4.74. The van der Waals surface area contributed by atoms with Crippen LogP contribution in [0.15, 0.2) is 28.7 Å². The lowest BCUT2D eigenvalue weighted by atomic mass is 10.1. The van der Waals surface area contributed by atoms with Crippen molar-refractivity contribution in [2.24, 2.45) is 0 Å². The highest BCUT2D eigenvalue weighted by atomic mass is 79.9. The number of hydrogen-bond acceptors (Lipinski definition) is 3. The fraction of sp³-hybridized carbons (Fsp3) is 0.462. The van der Waals surface area contributed by atoms with Gasteiger partial charge in [0.2, 0.25) is 5.91 Å². The lowest BCUT2D eigenvalue weighted by molar-refractivity contribution is -0.132. The first-order valence-corrected chi connectivity index (χ1v) is 6.78. The number of likely N-dealkylation sites (N-methyl/N-ethyl adjacent to an activating group) is 1. The molecule has 0 spiro atoms. The largest absolute Gasteiger partial charge is 0.378 e. The van der Waals surface area contributed by atoms with Gasteiger partial charge in [-0.1, -0.05) is 28.1 Å². The Balaban J connectivity index is 2.05. The van der Waals surface area contributed by atoms with Gasteiger partial charge < -0.3 is 10.1 Å². The number of carbonyl (C=O) groups is 1. The van der Waals surface area contributed by atoms with Crippen molar-refractivity contribution < 1.29 is 9.53 Å². The van der Waals surface area contributed by atoms with Gasteiger partial charge in [0, 0.05) is 24.6 Å². The van der Waals surface area contributed by atoms with Gasteiger partial charge in [0.1, 0.15) is 6.04 Å². The van der Waals surface area contributed by atoms with Crippen molar-refractivity contribution in [2.75, 3.05) is 26.8 Å². The normalized spacial score (nSPS) is 20.7. The van der Waals surface area contributed by atoms with Crippen LogP contribution in [0.25, 0.3) is 0 Å². The van der Waals surface area contributed by atoms with Gasteiger partial charge in [0.05, 0.1) is 13.2 Å². The highest BCUT2D eigenvalue weighted by Crippen LogP contribution is 2.15. The number of rotatable bonds is 3. The zero-order valence-corrected chi connectivity index (χ0v) is 11.9. The van der Waals surface area contributed by atoms with Gasteiger partial charge in [0.25, 0.3) is 0 Å².